The molecule has 0 aliphatic carbocycles. The minimum Gasteiger partial charge on any atom is -0.389 e. The molecule has 18 heavy (non-hydrogen) atoms. The summed E-state index contributed by atoms with van der Waals surface area (Å²) in [7, 11) is 0. The first-order chi connectivity index (χ1) is 8.39. The van der Waals surface area contributed by atoms with Crippen LogP contribution in [-0.4, -0.2) is 18.2 Å². The summed E-state index contributed by atoms with van der Waals surface area (Å²) in [6.45, 7) is 8.19. The molecule has 3 heteroatoms. The molecule has 1 aliphatic rings. The largest absolute Gasteiger partial charge is 0.389 e. The van der Waals surface area contributed by atoms with E-state index < -0.39 is 6.10 Å². The van der Waals surface area contributed by atoms with Gasteiger partial charge in [0, 0.05) is 24.3 Å². The van der Waals surface area contributed by atoms with Gasteiger partial charge in [-0.1, -0.05) is 13.8 Å². The fourth-order valence-corrected chi connectivity index (χ4v) is 2.50. The van der Waals surface area contributed by atoms with E-state index in [0.29, 0.717) is 11.0 Å². The highest BCUT2D eigenvalue weighted by atomic mass is 19.1. The lowest BCUT2D eigenvalue weighted by molar-refractivity contribution is 0.198. The van der Waals surface area contributed by atoms with Crippen LogP contribution in [0.2, 0.25) is 0 Å². The van der Waals surface area contributed by atoms with Crippen molar-refractivity contribution in [1.82, 2.24) is 0 Å². The smallest absolute Gasteiger partial charge is 0.123 e. The molecule has 1 fully saturated rings. The van der Waals surface area contributed by atoms with E-state index in [1.807, 2.05) is 0 Å². The van der Waals surface area contributed by atoms with Crippen LogP contribution >= 0.6 is 0 Å². The Morgan fingerprint density at radius 1 is 1.28 bits per heavy atom. The molecule has 2 rings (SSSR count). The summed E-state index contributed by atoms with van der Waals surface area (Å²) < 4.78 is 13.3. The van der Waals surface area contributed by atoms with Crippen molar-refractivity contribution in [3.63, 3.8) is 0 Å². The van der Waals surface area contributed by atoms with Crippen molar-refractivity contribution in [2.24, 2.45) is 5.41 Å². The summed E-state index contributed by atoms with van der Waals surface area (Å²) in [5, 5.41) is 9.77. The van der Waals surface area contributed by atoms with Crippen LogP contribution in [0.4, 0.5) is 10.1 Å². The number of hydrogen-bond donors (Lipinski definition) is 1. The summed E-state index contributed by atoms with van der Waals surface area (Å²) >= 11 is 0. The van der Waals surface area contributed by atoms with Gasteiger partial charge in [0.25, 0.3) is 0 Å². The number of aliphatic hydroxyl groups is 1. The fourth-order valence-electron chi connectivity index (χ4n) is 2.50. The van der Waals surface area contributed by atoms with Crippen LogP contribution in [-0.2, 0) is 0 Å². The molecule has 0 bridgehead atoms. The van der Waals surface area contributed by atoms with E-state index in [9.17, 15) is 9.50 Å². The predicted molar refractivity (Wildman–Crippen MR) is 72.3 cm³/mol. The summed E-state index contributed by atoms with van der Waals surface area (Å²) in [6, 6.07) is 4.70. The molecule has 0 spiro atoms. The number of piperidine rings is 1. The number of hydrogen-bond acceptors (Lipinski definition) is 2. The van der Waals surface area contributed by atoms with E-state index >= 15 is 0 Å². The van der Waals surface area contributed by atoms with Crippen molar-refractivity contribution in [1.29, 1.82) is 0 Å². The average molecular weight is 251 g/mol. The quantitative estimate of drug-likeness (QED) is 0.869. The van der Waals surface area contributed by atoms with Gasteiger partial charge in [-0.15, -0.1) is 0 Å². The summed E-state index contributed by atoms with van der Waals surface area (Å²) in [5.74, 6) is -0.285. The first kappa shape index (κ1) is 13.3. The van der Waals surface area contributed by atoms with Gasteiger partial charge in [-0.25, -0.2) is 4.39 Å². The molecule has 1 aromatic rings. The summed E-state index contributed by atoms with van der Waals surface area (Å²) in [4.78, 5) is 2.26. The van der Waals surface area contributed by atoms with Gasteiger partial charge < -0.3 is 10.0 Å². The maximum Gasteiger partial charge on any atom is 0.123 e. The van der Waals surface area contributed by atoms with Crippen LogP contribution in [0.15, 0.2) is 18.2 Å². The Morgan fingerprint density at radius 3 is 2.44 bits per heavy atom. The maximum absolute atomic E-state index is 13.3. The molecule has 1 atom stereocenters. The standard InChI is InChI=1S/C15H22FNO/c1-11(18)13-10-12(16)4-5-14(13)17-8-6-15(2,3)7-9-17/h4-5,10-11,18H,6-9H2,1-3H3. The van der Waals surface area contributed by atoms with E-state index in [1.54, 1.807) is 13.0 Å². The van der Waals surface area contributed by atoms with Crippen molar-refractivity contribution in [3.8, 4) is 0 Å². The zero-order valence-corrected chi connectivity index (χ0v) is 11.4. The minimum atomic E-state index is -0.634. The number of anilines is 1. The van der Waals surface area contributed by atoms with Crippen molar-refractivity contribution in [3.05, 3.63) is 29.6 Å². The van der Waals surface area contributed by atoms with Gasteiger partial charge in [0.15, 0.2) is 0 Å². The molecule has 1 heterocycles. The summed E-state index contributed by atoms with van der Waals surface area (Å²) in [5.41, 5.74) is 2.05. The Labute approximate surface area is 108 Å². The lowest BCUT2D eigenvalue weighted by atomic mass is 9.82. The van der Waals surface area contributed by atoms with Crippen molar-refractivity contribution < 1.29 is 9.50 Å². The van der Waals surface area contributed by atoms with Crippen molar-refractivity contribution >= 4 is 5.69 Å². The maximum atomic E-state index is 13.3. The molecule has 1 N–H and O–H groups in total. The highest BCUT2D eigenvalue weighted by Crippen LogP contribution is 2.35. The number of rotatable bonds is 2. The molecule has 1 saturated heterocycles. The van der Waals surface area contributed by atoms with Crippen LogP contribution in [0, 0.1) is 11.2 Å². The Bertz CT molecular complexity index is 419. The van der Waals surface area contributed by atoms with Crippen molar-refractivity contribution in [2.75, 3.05) is 18.0 Å². The monoisotopic (exact) mass is 251 g/mol. The zero-order chi connectivity index (χ0) is 13.3. The van der Waals surface area contributed by atoms with Gasteiger partial charge >= 0.3 is 0 Å². The van der Waals surface area contributed by atoms with Gasteiger partial charge in [0.05, 0.1) is 6.10 Å². The highest BCUT2D eigenvalue weighted by Gasteiger charge is 2.27. The van der Waals surface area contributed by atoms with E-state index in [1.165, 1.54) is 12.1 Å². The Balaban J connectivity index is 2.24. The fraction of sp³-hybridized carbons (Fsp3) is 0.600. The molecule has 0 saturated carbocycles. The highest BCUT2D eigenvalue weighted by molar-refractivity contribution is 5.55. The van der Waals surface area contributed by atoms with E-state index in [2.05, 4.69) is 18.7 Å². The number of halogens is 1. The number of nitrogens with zero attached hydrogens (tertiary/aromatic N) is 1. The third-order valence-corrected chi connectivity index (χ3v) is 3.90. The van der Waals surface area contributed by atoms with Crippen molar-refractivity contribution in [2.45, 2.75) is 39.7 Å². The average Bonchev–Trinajstić information content (AvgIpc) is 2.29. The summed E-state index contributed by atoms with van der Waals surface area (Å²) in [6.07, 6.45) is 1.62. The van der Waals surface area contributed by atoms with Gasteiger partial charge in [-0.05, 0) is 43.4 Å². The molecule has 0 aromatic heterocycles. The van der Waals surface area contributed by atoms with Crippen LogP contribution in [0.5, 0.6) is 0 Å². The van der Waals surface area contributed by atoms with Gasteiger partial charge in [0.1, 0.15) is 5.82 Å². The lowest BCUT2D eigenvalue weighted by Gasteiger charge is -2.39. The SMILES string of the molecule is CC(O)c1cc(F)ccc1N1CCC(C)(C)CC1. The number of aliphatic hydroxyl groups excluding tert-OH is 1. The molecule has 2 nitrogen and oxygen atoms in total. The molecular weight excluding hydrogens is 229 g/mol. The second kappa shape index (κ2) is 4.88. The molecule has 0 amide bonds. The van der Waals surface area contributed by atoms with E-state index in [4.69, 9.17) is 0 Å². The normalized spacial score (nSPS) is 20.8. The third kappa shape index (κ3) is 2.83. The van der Waals surface area contributed by atoms with Crippen LogP contribution in [0.25, 0.3) is 0 Å². The predicted octanol–water partition coefficient (Wildman–Crippen LogP) is 3.51. The topological polar surface area (TPSA) is 23.5 Å². The molecule has 100 valence electrons. The third-order valence-electron chi connectivity index (χ3n) is 3.90. The zero-order valence-electron chi connectivity index (χ0n) is 11.4. The Hall–Kier alpha value is -1.09. The minimum absolute atomic E-state index is 0.285. The number of benzene rings is 1. The molecule has 0 radical (unpaired) electrons. The van der Waals surface area contributed by atoms with Crippen LogP contribution < -0.4 is 4.90 Å². The molecule has 1 unspecified atom stereocenters. The second-order valence-corrected chi connectivity index (χ2v) is 6.03. The van der Waals surface area contributed by atoms with E-state index in [0.717, 1.165) is 31.6 Å². The van der Waals surface area contributed by atoms with E-state index in [-0.39, 0.29) is 5.82 Å². The van der Waals surface area contributed by atoms with Crippen LogP contribution in [0.3, 0.4) is 0 Å². The van der Waals surface area contributed by atoms with Crippen LogP contribution in [0.1, 0.15) is 45.3 Å². The van der Waals surface area contributed by atoms with Gasteiger partial charge in [-0.3, -0.25) is 0 Å². The Morgan fingerprint density at radius 2 is 1.89 bits per heavy atom. The lowest BCUT2D eigenvalue weighted by Crippen LogP contribution is -2.37. The Kier molecular flexibility index (Phi) is 3.62. The second-order valence-electron chi connectivity index (χ2n) is 6.03. The first-order valence-electron chi connectivity index (χ1n) is 6.61. The van der Waals surface area contributed by atoms with Gasteiger partial charge in [-0.2, -0.15) is 0 Å². The van der Waals surface area contributed by atoms with Gasteiger partial charge in [0.2, 0.25) is 0 Å². The molecular formula is C15H22FNO. The molecule has 1 aliphatic heterocycles. The first-order valence-corrected chi connectivity index (χ1v) is 6.61. The molecule has 1 aromatic carbocycles.